The molecule has 1 N–H and O–H groups in total. The fourth-order valence-electron chi connectivity index (χ4n) is 2.55. The molecule has 1 aromatic carbocycles. The molecule has 2 heterocycles. The van der Waals surface area contributed by atoms with Crippen molar-refractivity contribution in [3.8, 4) is 0 Å². The summed E-state index contributed by atoms with van der Waals surface area (Å²) in [5.74, 6) is 0.947. The monoisotopic (exact) mass is 280 g/mol. The van der Waals surface area contributed by atoms with Crippen LogP contribution in [0.25, 0.3) is 10.9 Å². The predicted octanol–water partition coefficient (Wildman–Crippen LogP) is 4.23. The van der Waals surface area contributed by atoms with E-state index in [0.717, 1.165) is 35.3 Å². The SMILES string of the molecule is CCCNC(c1ccc2nc(C)ccc2c1)c1ccco1. The fourth-order valence-corrected chi connectivity index (χ4v) is 2.55. The van der Waals surface area contributed by atoms with E-state index in [1.165, 1.54) is 5.56 Å². The Labute approximate surface area is 125 Å². The molecule has 0 spiro atoms. The maximum atomic E-state index is 5.60. The van der Waals surface area contributed by atoms with Crippen LogP contribution in [-0.2, 0) is 0 Å². The van der Waals surface area contributed by atoms with Crippen molar-refractivity contribution in [2.24, 2.45) is 0 Å². The Bertz CT molecular complexity index is 719. The highest BCUT2D eigenvalue weighted by Crippen LogP contribution is 2.25. The van der Waals surface area contributed by atoms with Crippen LogP contribution in [-0.4, -0.2) is 11.5 Å². The lowest BCUT2D eigenvalue weighted by atomic mass is 10.0. The van der Waals surface area contributed by atoms with Crippen LogP contribution in [0, 0.1) is 6.92 Å². The molecule has 21 heavy (non-hydrogen) atoms. The summed E-state index contributed by atoms with van der Waals surface area (Å²) in [5, 5.41) is 4.71. The summed E-state index contributed by atoms with van der Waals surface area (Å²) in [6.45, 7) is 5.14. The number of aromatic nitrogens is 1. The highest BCUT2D eigenvalue weighted by atomic mass is 16.3. The van der Waals surface area contributed by atoms with Gasteiger partial charge in [-0.15, -0.1) is 0 Å². The van der Waals surface area contributed by atoms with Gasteiger partial charge in [0.05, 0.1) is 17.8 Å². The summed E-state index contributed by atoms with van der Waals surface area (Å²) in [4.78, 5) is 4.56. The fraction of sp³-hybridized carbons (Fsp3) is 0.278. The van der Waals surface area contributed by atoms with Gasteiger partial charge in [-0.3, -0.25) is 4.98 Å². The number of hydrogen-bond acceptors (Lipinski definition) is 3. The quantitative estimate of drug-likeness (QED) is 0.760. The van der Waals surface area contributed by atoms with E-state index in [1.807, 2.05) is 25.1 Å². The van der Waals surface area contributed by atoms with Crippen LogP contribution < -0.4 is 5.32 Å². The third kappa shape index (κ3) is 2.98. The number of benzene rings is 1. The molecule has 3 rings (SSSR count). The number of nitrogens with one attached hydrogen (secondary N) is 1. The number of rotatable bonds is 5. The Morgan fingerprint density at radius 3 is 2.86 bits per heavy atom. The van der Waals surface area contributed by atoms with Gasteiger partial charge >= 0.3 is 0 Å². The molecule has 0 aliphatic heterocycles. The maximum absolute atomic E-state index is 5.60. The molecule has 0 bridgehead atoms. The van der Waals surface area contributed by atoms with Crippen molar-refractivity contribution >= 4 is 10.9 Å². The van der Waals surface area contributed by atoms with Gasteiger partial charge in [0.1, 0.15) is 5.76 Å². The summed E-state index contributed by atoms with van der Waals surface area (Å²) < 4.78 is 5.60. The van der Waals surface area contributed by atoms with Gasteiger partial charge in [0.2, 0.25) is 0 Å². The molecule has 2 aromatic heterocycles. The minimum Gasteiger partial charge on any atom is -0.467 e. The largest absolute Gasteiger partial charge is 0.467 e. The summed E-state index contributed by atoms with van der Waals surface area (Å²) in [5.41, 5.74) is 3.28. The van der Waals surface area contributed by atoms with E-state index in [2.05, 4.69) is 41.5 Å². The van der Waals surface area contributed by atoms with E-state index in [9.17, 15) is 0 Å². The van der Waals surface area contributed by atoms with Gasteiger partial charge in [-0.2, -0.15) is 0 Å². The predicted molar refractivity (Wildman–Crippen MR) is 85.3 cm³/mol. The van der Waals surface area contributed by atoms with Gasteiger partial charge in [0, 0.05) is 11.1 Å². The molecule has 0 aliphatic rings. The Balaban J connectivity index is 2.00. The normalized spacial score (nSPS) is 12.7. The second-order valence-corrected chi connectivity index (χ2v) is 5.31. The molecule has 0 fully saturated rings. The molecule has 108 valence electrons. The van der Waals surface area contributed by atoms with E-state index < -0.39 is 0 Å². The minimum absolute atomic E-state index is 0.0886. The van der Waals surface area contributed by atoms with Crippen molar-refractivity contribution in [3.63, 3.8) is 0 Å². The second-order valence-electron chi connectivity index (χ2n) is 5.31. The van der Waals surface area contributed by atoms with Crippen molar-refractivity contribution in [2.45, 2.75) is 26.3 Å². The number of fused-ring (bicyclic) bond motifs is 1. The van der Waals surface area contributed by atoms with E-state index in [0.29, 0.717) is 0 Å². The summed E-state index contributed by atoms with van der Waals surface area (Å²) in [6.07, 6.45) is 2.81. The third-order valence-electron chi connectivity index (χ3n) is 3.61. The average molecular weight is 280 g/mol. The zero-order chi connectivity index (χ0) is 14.7. The first-order chi connectivity index (χ1) is 10.3. The Kier molecular flexibility index (Phi) is 4.02. The van der Waals surface area contributed by atoms with Gasteiger partial charge < -0.3 is 9.73 Å². The summed E-state index contributed by atoms with van der Waals surface area (Å²) >= 11 is 0. The molecular weight excluding hydrogens is 260 g/mol. The Morgan fingerprint density at radius 2 is 2.10 bits per heavy atom. The van der Waals surface area contributed by atoms with Gasteiger partial charge in [-0.05, 0) is 55.8 Å². The molecule has 1 unspecified atom stereocenters. The lowest BCUT2D eigenvalue weighted by Gasteiger charge is -2.17. The lowest BCUT2D eigenvalue weighted by Crippen LogP contribution is -2.22. The molecule has 0 amide bonds. The Morgan fingerprint density at radius 1 is 1.19 bits per heavy atom. The first-order valence-electron chi connectivity index (χ1n) is 7.42. The molecule has 1 atom stereocenters. The first kappa shape index (κ1) is 13.8. The molecule has 3 aromatic rings. The zero-order valence-electron chi connectivity index (χ0n) is 12.5. The van der Waals surface area contributed by atoms with Crippen LogP contribution in [0.3, 0.4) is 0 Å². The number of furan rings is 1. The van der Waals surface area contributed by atoms with E-state index in [1.54, 1.807) is 6.26 Å². The van der Waals surface area contributed by atoms with E-state index in [-0.39, 0.29) is 6.04 Å². The zero-order valence-corrected chi connectivity index (χ0v) is 12.5. The van der Waals surface area contributed by atoms with Gasteiger partial charge in [0.15, 0.2) is 0 Å². The Hall–Kier alpha value is -2.13. The van der Waals surface area contributed by atoms with Crippen molar-refractivity contribution in [1.29, 1.82) is 0 Å². The van der Waals surface area contributed by atoms with Crippen molar-refractivity contribution in [3.05, 3.63) is 65.7 Å². The number of nitrogens with zero attached hydrogens (tertiary/aromatic N) is 1. The molecule has 0 saturated heterocycles. The minimum atomic E-state index is 0.0886. The molecule has 3 heteroatoms. The van der Waals surface area contributed by atoms with Crippen molar-refractivity contribution in [2.75, 3.05) is 6.54 Å². The maximum Gasteiger partial charge on any atom is 0.125 e. The summed E-state index contributed by atoms with van der Waals surface area (Å²) in [7, 11) is 0. The number of hydrogen-bond donors (Lipinski definition) is 1. The molecule has 0 aliphatic carbocycles. The smallest absolute Gasteiger partial charge is 0.125 e. The first-order valence-corrected chi connectivity index (χ1v) is 7.42. The molecule has 0 saturated carbocycles. The third-order valence-corrected chi connectivity index (χ3v) is 3.61. The van der Waals surface area contributed by atoms with Crippen molar-refractivity contribution in [1.82, 2.24) is 10.3 Å². The van der Waals surface area contributed by atoms with Gasteiger partial charge in [0.25, 0.3) is 0 Å². The van der Waals surface area contributed by atoms with Crippen LogP contribution in [0.15, 0.2) is 53.1 Å². The highest BCUT2D eigenvalue weighted by Gasteiger charge is 2.16. The summed E-state index contributed by atoms with van der Waals surface area (Å²) in [6, 6.07) is 14.6. The second kappa shape index (κ2) is 6.10. The van der Waals surface area contributed by atoms with E-state index >= 15 is 0 Å². The molecule has 3 nitrogen and oxygen atoms in total. The lowest BCUT2D eigenvalue weighted by molar-refractivity contribution is 0.447. The van der Waals surface area contributed by atoms with Crippen LogP contribution in [0.2, 0.25) is 0 Å². The van der Waals surface area contributed by atoms with E-state index in [4.69, 9.17) is 4.42 Å². The van der Waals surface area contributed by atoms with Gasteiger partial charge in [-0.25, -0.2) is 0 Å². The van der Waals surface area contributed by atoms with Crippen LogP contribution in [0.5, 0.6) is 0 Å². The molecule has 0 radical (unpaired) electrons. The van der Waals surface area contributed by atoms with Crippen LogP contribution in [0.4, 0.5) is 0 Å². The highest BCUT2D eigenvalue weighted by molar-refractivity contribution is 5.79. The van der Waals surface area contributed by atoms with Crippen LogP contribution in [0.1, 0.15) is 36.4 Å². The van der Waals surface area contributed by atoms with Crippen LogP contribution >= 0.6 is 0 Å². The van der Waals surface area contributed by atoms with Gasteiger partial charge in [-0.1, -0.05) is 19.1 Å². The van der Waals surface area contributed by atoms with Crippen molar-refractivity contribution < 1.29 is 4.42 Å². The topological polar surface area (TPSA) is 38.1 Å². The number of pyridine rings is 1. The average Bonchev–Trinajstić information content (AvgIpc) is 3.02. The standard InChI is InChI=1S/C18H20N2O/c1-3-10-19-18(17-5-4-11-21-17)15-8-9-16-14(12-15)7-6-13(2)20-16/h4-9,11-12,18-19H,3,10H2,1-2H3. The number of aryl methyl sites for hydroxylation is 1. The molecular formula is C18H20N2O.